The van der Waals surface area contributed by atoms with Gasteiger partial charge in [-0.2, -0.15) is 0 Å². The van der Waals surface area contributed by atoms with E-state index in [4.69, 9.17) is 0 Å². The third-order valence-corrected chi connectivity index (χ3v) is 3.90. The second-order valence-electron chi connectivity index (χ2n) is 5.15. The first-order chi connectivity index (χ1) is 7.79. The molecule has 1 fully saturated rings. The van der Waals surface area contributed by atoms with Crippen LogP contribution in [0.3, 0.4) is 0 Å². The molecule has 0 amide bonds. The van der Waals surface area contributed by atoms with Crippen molar-refractivity contribution in [3.8, 4) is 0 Å². The molecular formula is C15H21B. The number of hydrogen-bond donors (Lipinski definition) is 0. The molecule has 1 aromatic carbocycles. The molecule has 0 aliphatic heterocycles. The fraction of sp³-hybridized carbons (Fsp3) is 0.467. The van der Waals surface area contributed by atoms with E-state index in [0.29, 0.717) is 0 Å². The Hall–Kier alpha value is -0.975. The minimum Gasteiger partial charge on any atom is -0.103 e. The van der Waals surface area contributed by atoms with Gasteiger partial charge in [0.05, 0.1) is 0 Å². The van der Waals surface area contributed by atoms with Crippen molar-refractivity contribution in [2.45, 2.75) is 38.0 Å². The summed E-state index contributed by atoms with van der Waals surface area (Å²) in [7, 11) is 2.16. The van der Waals surface area contributed by atoms with E-state index in [1.54, 1.807) is 5.56 Å². The monoisotopic (exact) mass is 212 g/mol. The van der Waals surface area contributed by atoms with Crippen molar-refractivity contribution >= 4 is 13.3 Å². The Kier molecular flexibility index (Phi) is 3.87. The van der Waals surface area contributed by atoms with Gasteiger partial charge in [-0.1, -0.05) is 35.8 Å². The zero-order chi connectivity index (χ0) is 11.4. The van der Waals surface area contributed by atoms with E-state index in [1.807, 2.05) is 0 Å². The first-order valence-corrected chi connectivity index (χ1v) is 6.47. The molecule has 1 heteroatoms. The Labute approximate surface area is 100 Å². The molecule has 0 atom stereocenters. The maximum atomic E-state index is 3.84. The summed E-state index contributed by atoms with van der Waals surface area (Å²) < 4.78 is 0. The molecule has 0 nitrogen and oxygen atoms in total. The van der Waals surface area contributed by atoms with Crippen LogP contribution in [0, 0.1) is 5.92 Å². The van der Waals surface area contributed by atoms with E-state index < -0.39 is 0 Å². The van der Waals surface area contributed by atoms with E-state index >= 15 is 0 Å². The summed E-state index contributed by atoms with van der Waals surface area (Å²) in [5.74, 6) is 1.71. The second kappa shape index (κ2) is 5.38. The molecule has 0 spiro atoms. The first-order valence-electron chi connectivity index (χ1n) is 6.47. The van der Waals surface area contributed by atoms with Crippen molar-refractivity contribution in [2.24, 2.45) is 5.92 Å². The molecule has 1 aliphatic rings. The van der Waals surface area contributed by atoms with E-state index in [1.165, 1.54) is 37.6 Å². The lowest BCUT2D eigenvalue weighted by molar-refractivity contribution is 0.328. The zero-order valence-corrected chi connectivity index (χ0v) is 10.3. The van der Waals surface area contributed by atoms with Crippen molar-refractivity contribution in [2.75, 3.05) is 0 Å². The zero-order valence-electron chi connectivity index (χ0n) is 10.3. The number of benzene rings is 1. The van der Waals surface area contributed by atoms with Crippen molar-refractivity contribution < 1.29 is 0 Å². The average molecular weight is 212 g/mol. The van der Waals surface area contributed by atoms with E-state index in [-0.39, 0.29) is 0 Å². The summed E-state index contributed by atoms with van der Waals surface area (Å²) in [6.45, 7) is 3.84. The van der Waals surface area contributed by atoms with Gasteiger partial charge in [-0.05, 0) is 49.5 Å². The van der Waals surface area contributed by atoms with Crippen LogP contribution in [0.5, 0.6) is 0 Å². The highest BCUT2D eigenvalue weighted by Crippen LogP contribution is 2.36. The Bertz CT molecular complexity index is 331. The summed E-state index contributed by atoms with van der Waals surface area (Å²) in [6, 6.07) is 9.11. The predicted molar refractivity (Wildman–Crippen MR) is 74.1 cm³/mol. The van der Waals surface area contributed by atoms with E-state index in [9.17, 15) is 0 Å². The molecule has 1 saturated carbocycles. The fourth-order valence-electron chi connectivity index (χ4n) is 2.81. The minimum absolute atomic E-state index is 0.807. The van der Waals surface area contributed by atoms with Gasteiger partial charge in [-0.3, -0.25) is 0 Å². The molecule has 0 bridgehead atoms. The van der Waals surface area contributed by atoms with Crippen LogP contribution in [0.25, 0.3) is 0 Å². The average Bonchev–Trinajstić information content (AvgIpc) is 2.32. The highest BCUT2D eigenvalue weighted by Gasteiger charge is 2.21. The van der Waals surface area contributed by atoms with Gasteiger partial charge in [0.15, 0.2) is 0 Å². The quantitative estimate of drug-likeness (QED) is 0.533. The standard InChI is InChI=1S/C15H21B/c1-2-3-12-4-6-13(7-5-12)14-8-10-15(16)11-9-14/h2,8-13H,1,3-7,16H2. The maximum Gasteiger partial charge on any atom is 0.139 e. The van der Waals surface area contributed by atoms with Gasteiger partial charge in [0.1, 0.15) is 7.85 Å². The summed E-state index contributed by atoms with van der Waals surface area (Å²) in [4.78, 5) is 0. The van der Waals surface area contributed by atoms with Crippen molar-refractivity contribution in [3.63, 3.8) is 0 Å². The van der Waals surface area contributed by atoms with Crippen LogP contribution < -0.4 is 5.46 Å². The normalized spacial score (nSPS) is 25.2. The molecule has 0 N–H and O–H groups in total. The Morgan fingerprint density at radius 3 is 2.31 bits per heavy atom. The van der Waals surface area contributed by atoms with Gasteiger partial charge in [0.25, 0.3) is 0 Å². The van der Waals surface area contributed by atoms with Gasteiger partial charge in [0.2, 0.25) is 0 Å². The van der Waals surface area contributed by atoms with Crippen molar-refractivity contribution in [1.82, 2.24) is 0 Å². The summed E-state index contributed by atoms with van der Waals surface area (Å²) in [6.07, 6.45) is 8.77. The Morgan fingerprint density at radius 1 is 1.12 bits per heavy atom. The molecule has 0 heterocycles. The highest BCUT2D eigenvalue weighted by atomic mass is 14.3. The van der Waals surface area contributed by atoms with Gasteiger partial charge in [0, 0.05) is 0 Å². The van der Waals surface area contributed by atoms with E-state index in [2.05, 4.69) is 44.8 Å². The summed E-state index contributed by atoms with van der Waals surface area (Å²) in [5, 5.41) is 0. The van der Waals surface area contributed by atoms with Crippen LogP contribution in [0.1, 0.15) is 43.6 Å². The first kappa shape index (κ1) is 11.5. The number of hydrogen-bond acceptors (Lipinski definition) is 0. The van der Waals surface area contributed by atoms with Crippen LogP contribution in [-0.2, 0) is 0 Å². The third-order valence-electron chi connectivity index (χ3n) is 3.90. The topological polar surface area (TPSA) is 0 Å². The molecular weight excluding hydrogens is 191 g/mol. The lowest BCUT2D eigenvalue weighted by Gasteiger charge is -2.28. The van der Waals surface area contributed by atoms with Crippen LogP contribution >= 0.6 is 0 Å². The molecule has 0 unspecified atom stereocenters. The molecule has 84 valence electrons. The van der Waals surface area contributed by atoms with Gasteiger partial charge in [-0.15, -0.1) is 6.58 Å². The van der Waals surface area contributed by atoms with Gasteiger partial charge < -0.3 is 0 Å². The molecule has 0 saturated heterocycles. The second-order valence-corrected chi connectivity index (χ2v) is 5.15. The maximum absolute atomic E-state index is 3.84. The molecule has 0 radical (unpaired) electrons. The van der Waals surface area contributed by atoms with Crippen LogP contribution in [-0.4, -0.2) is 7.85 Å². The fourth-order valence-corrected chi connectivity index (χ4v) is 2.81. The smallest absolute Gasteiger partial charge is 0.103 e. The molecule has 0 aromatic heterocycles. The van der Waals surface area contributed by atoms with Crippen LogP contribution in [0.4, 0.5) is 0 Å². The Balaban J connectivity index is 1.93. The highest BCUT2D eigenvalue weighted by molar-refractivity contribution is 6.32. The number of rotatable bonds is 3. The third kappa shape index (κ3) is 2.78. The predicted octanol–water partition coefficient (Wildman–Crippen LogP) is 2.79. The van der Waals surface area contributed by atoms with E-state index in [0.717, 1.165) is 11.8 Å². The van der Waals surface area contributed by atoms with Crippen LogP contribution in [0.2, 0.25) is 0 Å². The Morgan fingerprint density at radius 2 is 1.75 bits per heavy atom. The van der Waals surface area contributed by atoms with Gasteiger partial charge >= 0.3 is 0 Å². The molecule has 1 aromatic rings. The molecule has 1 aliphatic carbocycles. The van der Waals surface area contributed by atoms with Crippen molar-refractivity contribution in [1.29, 1.82) is 0 Å². The van der Waals surface area contributed by atoms with Crippen molar-refractivity contribution in [3.05, 3.63) is 42.5 Å². The molecule has 2 rings (SSSR count). The number of allylic oxidation sites excluding steroid dienone is 1. The lowest BCUT2D eigenvalue weighted by Crippen LogP contribution is -2.13. The minimum atomic E-state index is 0.807. The lowest BCUT2D eigenvalue weighted by atomic mass is 9.77. The van der Waals surface area contributed by atoms with Gasteiger partial charge in [-0.25, -0.2) is 0 Å². The SMILES string of the molecule is Bc1ccc(C2CCC(CC=C)CC2)cc1. The largest absolute Gasteiger partial charge is 0.139 e. The van der Waals surface area contributed by atoms with Crippen LogP contribution in [0.15, 0.2) is 36.9 Å². The molecule has 16 heavy (non-hydrogen) atoms. The summed E-state index contributed by atoms with van der Waals surface area (Å²) >= 11 is 0. The summed E-state index contributed by atoms with van der Waals surface area (Å²) in [5.41, 5.74) is 2.91.